The summed E-state index contributed by atoms with van der Waals surface area (Å²) in [5, 5.41) is 0.700. The van der Waals surface area contributed by atoms with Crippen LogP contribution in [0.3, 0.4) is 0 Å². The highest BCUT2D eigenvalue weighted by Crippen LogP contribution is 2.27. The predicted molar refractivity (Wildman–Crippen MR) is 98.1 cm³/mol. The Bertz CT molecular complexity index is 584. The van der Waals surface area contributed by atoms with Crippen molar-refractivity contribution in [3.8, 4) is 0 Å². The number of morpholine rings is 1. The summed E-state index contributed by atoms with van der Waals surface area (Å²) >= 11 is 9.63. The van der Waals surface area contributed by atoms with Gasteiger partial charge in [-0.3, -0.25) is 10.2 Å². The van der Waals surface area contributed by atoms with Gasteiger partial charge in [0, 0.05) is 17.6 Å². The van der Waals surface area contributed by atoms with Crippen molar-refractivity contribution < 1.29 is 9.53 Å². The van der Waals surface area contributed by atoms with E-state index in [1.54, 1.807) is 0 Å². The average molecular weight is 417 g/mol. The van der Waals surface area contributed by atoms with Crippen LogP contribution < -0.4 is 10.9 Å². The van der Waals surface area contributed by atoms with Crippen LogP contribution in [0.4, 0.5) is 0 Å². The fourth-order valence-electron chi connectivity index (χ4n) is 3.21. The van der Waals surface area contributed by atoms with Gasteiger partial charge in [-0.1, -0.05) is 53.5 Å². The van der Waals surface area contributed by atoms with Crippen LogP contribution in [0.5, 0.6) is 0 Å². The molecular formula is C17H23BrClN3O2. The second kappa shape index (κ2) is 7.70. The van der Waals surface area contributed by atoms with E-state index in [0.29, 0.717) is 30.6 Å². The maximum Gasteiger partial charge on any atom is 0.242 e. The van der Waals surface area contributed by atoms with Gasteiger partial charge in [-0.15, -0.1) is 0 Å². The topological polar surface area (TPSA) is 53.6 Å². The van der Waals surface area contributed by atoms with Gasteiger partial charge in [-0.2, -0.15) is 0 Å². The monoisotopic (exact) mass is 415 g/mol. The van der Waals surface area contributed by atoms with Gasteiger partial charge < -0.3 is 9.64 Å². The summed E-state index contributed by atoms with van der Waals surface area (Å²) < 4.78 is 5.85. The molecule has 132 valence electrons. The first kappa shape index (κ1) is 18.1. The minimum atomic E-state index is -0.263. The molecule has 4 unspecified atom stereocenters. The van der Waals surface area contributed by atoms with E-state index in [9.17, 15) is 4.79 Å². The number of carbonyl (C=O) groups is 1. The van der Waals surface area contributed by atoms with Crippen molar-refractivity contribution in [2.24, 2.45) is 5.92 Å². The molecule has 1 amide bonds. The number of benzene rings is 1. The molecule has 7 heteroatoms. The van der Waals surface area contributed by atoms with Crippen molar-refractivity contribution in [3.05, 3.63) is 34.9 Å². The molecule has 24 heavy (non-hydrogen) atoms. The third-order valence-electron chi connectivity index (χ3n) is 4.67. The Morgan fingerprint density at radius 3 is 2.67 bits per heavy atom. The molecule has 2 fully saturated rings. The first-order valence-electron chi connectivity index (χ1n) is 8.28. The van der Waals surface area contributed by atoms with Gasteiger partial charge in [-0.25, -0.2) is 5.43 Å². The van der Waals surface area contributed by atoms with E-state index in [1.807, 2.05) is 29.2 Å². The Morgan fingerprint density at radius 1 is 1.33 bits per heavy atom. The van der Waals surface area contributed by atoms with Crippen molar-refractivity contribution >= 4 is 33.4 Å². The normalized spacial score (nSPS) is 30.8. The first-order valence-corrected chi connectivity index (χ1v) is 9.57. The number of nitrogens with zero attached hydrogens (tertiary/aromatic N) is 1. The standard InChI is InChI=1S/C17H23BrClN3O2/c1-10(2)15-14(18)16(21-20-15)17(23)22-7-8-24-13(9-22)11-3-5-12(19)6-4-11/h3-6,10,13-16,20-21H,7-9H2,1-2H3. The van der Waals surface area contributed by atoms with Crippen LogP contribution in [0.25, 0.3) is 0 Å². The van der Waals surface area contributed by atoms with Crippen LogP contribution in [0.1, 0.15) is 25.5 Å². The largest absolute Gasteiger partial charge is 0.370 e. The summed E-state index contributed by atoms with van der Waals surface area (Å²) in [5.74, 6) is 0.543. The number of ether oxygens (including phenoxy) is 1. The van der Waals surface area contributed by atoms with Crippen molar-refractivity contribution in [1.82, 2.24) is 15.8 Å². The Kier molecular flexibility index (Phi) is 5.82. The highest BCUT2D eigenvalue weighted by Gasteiger charge is 2.42. The molecule has 5 nitrogen and oxygen atoms in total. The molecule has 4 atom stereocenters. The highest BCUT2D eigenvalue weighted by atomic mass is 79.9. The highest BCUT2D eigenvalue weighted by molar-refractivity contribution is 9.09. The molecular weight excluding hydrogens is 394 g/mol. The summed E-state index contributed by atoms with van der Waals surface area (Å²) in [6.07, 6.45) is -0.107. The molecule has 2 saturated heterocycles. The zero-order chi connectivity index (χ0) is 17.3. The molecule has 0 aromatic heterocycles. The number of nitrogens with one attached hydrogen (secondary N) is 2. The number of hydrogen-bond donors (Lipinski definition) is 2. The third kappa shape index (κ3) is 3.78. The molecule has 0 bridgehead atoms. The molecule has 2 N–H and O–H groups in total. The number of amides is 1. The Morgan fingerprint density at radius 2 is 2.04 bits per heavy atom. The fraction of sp³-hybridized carbons (Fsp3) is 0.588. The minimum Gasteiger partial charge on any atom is -0.370 e. The number of alkyl halides is 1. The van der Waals surface area contributed by atoms with E-state index in [1.165, 1.54) is 0 Å². The lowest BCUT2D eigenvalue weighted by molar-refractivity contribution is -0.140. The summed E-state index contributed by atoms with van der Waals surface area (Å²) in [6.45, 7) is 6.01. The van der Waals surface area contributed by atoms with Crippen molar-refractivity contribution in [2.45, 2.75) is 36.9 Å². The first-order chi connectivity index (χ1) is 11.5. The lowest BCUT2D eigenvalue weighted by Gasteiger charge is -2.35. The molecule has 2 aliphatic rings. The molecule has 0 saturated carbocycles. The van der Waals surface area contributed by atoms with Gasteiger partial charge in [-0.05, 0) is 23.6 Å². The van der Waals surface area contributed by atoms with Crippen LogP contribution in [0.15, 0.2) is 24.3 Å². The van der Waals surface area contributed by atoms with Crippen LogP contribution in [0.2, 0.25) is 5.02 Å². The van der Waals surface area contributed by atoms with E-state index in [-0.39, 0.29) is 28.9 Å². The van der Waals surface area contributed by atoms with E-state index >= 15 is 0 Å². The molecule has 0 spiro atoms. The zero-order valence-electron chi connectivity index (χ0n) is 13.8. The number of hydrogen-bond acceptors (Lipinski definition) is 4. The van der Waals surface area contributed by atoms with Crippen molar-refractivity contribution in [3.63, 3.8) is 0 Å². The van der Waals surface area contributed by atoms with Crippen molar-refractivity contribution in [1.29, 1.82) is 0 Å². The van der Waals surface area contributed by atoms with Gasteiger partial charge >= 0.3 is 0 Å². The SMILES string of the molecule is CC(C)C1NNC(C(=O)N2CCOC(c3ccc(Cl)cc3)C2)C1Br. The van der Waals surface area contributed by atoms with E-state index in [4.69, 9.17) is 16.3 Å². The lowest BCUT2D eigenvalue weighted by Crippen LogP contribution is -2.52. The number of hydrazine groups is 1. The van der Waals surface area contributed by atoms with Crippen molar-refractivity contribution in [2.75, 3.05) is 19.7 Å². The van der Waals surface area contributed by atoms with E-state index in [2.05, 4.69) is 40.6 Å². The van der Waals surface area contributed by atoms with Crippen LogP contribution in [0, 0.1) is 5.92 Å². The van der Waals surface area contributed by atoms with E-state index < -0.39 is 0 Å². The Labute approximate surface area is 156 Å². The third-order valence-corrected chi connectivity index (χ3v) is 6.02. The number of rotatable bonds is 3. The van der Waals surface area contributed by atoms with Gasteiger partial charge in [0.1, 0.15) is 12.1 Å². The molecule has 1 aromatic carbocycles. The molecule has 0 radical (unpaired) electrons. The maximum atomic E-state index is 12.9. The second-order valence-electron chi connectivity index (χ2n) is 6.68. The quantitative estimate of drug-likeness (QED) is 0.744. The molecule has 2 aliphatic heterocycles. The van der Waals surface area contributed by atoms with Crippen LogP contribution in [-0.2, 0) is 9.53 Å². The summed E-state index contributed by atoms with van der Waals surface area (Å²) in [5.41, 5.74) is 7.43. The van der Waals surface area contributed by atoms with Gasteiger partial charge in [0.25, 0.3) is 0 Å². The number of halogens is 2. The van der Waals surface area contributed by atoms with Gasteiger partial charge in [0.05, 0.1) is 18.0 Å². The summed E-state index contributed by atoms with van der Waals surface area (Å²) in [7, 11) is 0. The van der Waals surface area contributed by atoms with Crippen LogP contribution >= 0.6 is 27.5 Å². The maximum absolute atomic E-state index is 12.9. The molecule has 2 heterocycles. The lowest BCUT2D eigenvalue weighted by atomic mass is 9.98. The van der Waals surface area contributed by atoms with Gasteiger partial charge in [0.15, 0.2) is 0 Å². The summed E-state index contributed by atoms with van der Waals surface area (Å²) in [4.78, 5) is 14.9. The second-order valence-corrected chi connectivity index (χ2v) is 8.17. The minimum absolute atomic E-state index is 0.0711. The van der Waals surface area contributed by atoms with E-state index in [0.717, 1.165) is 5.56 Å². The summed E-state index contributed by atoms with van der Waals surface area (Å²) in [6, 6.07) is 7.58. The molecule has 0 aliphatic carbocycles. The Balaban J connectivity index is 1.66. The van der Waals surface area contributed by atoms with Crippen LogP contribution in [-0.4, -0.2) is 47.4 Å². The molecule has 3 rings (SSSR count). The smallest absolute Gasteiger partial charge is 0.242 e. The van der Waals surface area contributed by atoms with Gasteiger partial charge in [0.2, 0.25) is 5.91 Å². The predicted octanol–water partition coefficient (Wildman–Crippen LogP) is 2.50. The average Bonchev–Trinajstić information content (AvgIpc) is 2.97. The molecule has 1 aromatic rings. The number of carbonyl (C=O) groups excluding carboxylic acids is 1. The fourth-order valence-corrected chi connectivity index (χ4v) is 4.44. The zero-order valence-corrected chi connectivity index (χ0v) is 16.2. The Hall–Kier alpha value is -0.660.